The predicted molar refractivity (Wildman–Crippen MR) is 81.1 cm³/mol. The molecule has 0 bridgehead atoms. The van der Waals surface area contributed by atoms with E-state index in [9.17, 15) is 18.0 Å². The molecule has 1 aliphatic heterocycles. The zero-order valence-corrected chi connectivity index (χ0v) is 13.6. The Hall–Kier alpha value is -2.71. The van der Waals surface area contributed by atoms with Crippen molar-refractivity contribution in [3.8, 4) is 11.5 Å². The van der Waals surface area contributed by atoms with Gasteiger partial charge < -0.3 is 14.8 Å². The van der Waals surface area contributed by atoms with E-state index in [0.717, 1.165) is 16.3 Å². The van der Waals surface area contributed by atoms with Crippen LogP contribution in [0.4, 0.5) is 13.2 Å². The van der Waals surface area contributed by atoms with Gasteiger partial charge in [0.05, 0.1) is 0 Å². The number of hydrogen-bond donors (Lipinski definition) is 1. The Balaban J connectivity index is 1.66. The van der Waals surface area contributed by atoms with Crippen LogP contribution in [0.1, 0.15) is 29.9 Å². The molecule has 25 heavy (non-hydrogen) atoms. The van der Waals surface area contributed by atoms with Gasteiger partial charge in [0.2, 0.25) is 12.7 Å². The molecule has 2 heterocycles. The summed E-state index contributed by atoms with van der Waals surface area (Å²) < 4.78 is 49.7. The minimum atomic E-state index is -4.54. The van der Waals surface area contributed by atoms with E-state index in [1.54, 1.807) is 18.2 Å². The van der Waals surface area contributed by atoms with Gasteiger partial charge in [-0.2, -0.15) is 18.3 Å². The zero-order valence-electron chi connectivity index (χ0n) is 13.6. The van der Waals surface area contributed by atoms with Crippen LogP contribution in [0, 0.1) is 6.92 Å². The van der Waals surface area contributed by atoms with Gasteiger partial charge in [0.25, 0.3) is 0 Å². The molecule has 1 N–H and O–H groups in total. The molecule has 9 heteroatoms. The van der Waals surface area contributed by atoms with Crippen LogP contribution in [0.15, 0.2) is 24.3 Å². The van der Waals surface area contributed by atoms with Crippen molar-refractivity contribution in [2.45, 2.75) is 32.6 Å². The minimum absolute atomic E-state index is 0.155. The van der Waals surface area contributed by atoms with Crippen LogP contribution < -0.4 is 14.8 Å². The average molecular weight is 355 g/mol. The molecule has 2 aromatic rings. The Kier molecular flexibility index (Phi) is 4.32. The maximum absolute atomic E-state index is 12.7. The van der Waals surface area contributed by atoms with Crippen molar-refractivity contribution < 1.29 is 27.4 Å². The molecule has 0 saturated carbocycles. The van der Waals surface area contributed by atoms with Crippen LogP contribution in [-0.2, 0) is 17.5 Å². The summed E-state index contributed by atoms with van der Waals surface area (Å²) in [7, 11) is 0. The molecule has 1 atom stereocenters. The second-order valence-corrected chi connectivity index (χ2v) is 5.69. The summed E-state index contributed by atoms with van der Waals surface area (Å²) in [5, 5.41) is 6.18. The molecular weight excluding hydrogens is 339 g/mol. The summed E-state index contributed by atoms with van der Waals surface area (Å²) in [5.41, 5.74) is 0.0384. The molecule has 1 amide bonds. The second-order valence-electron chi connectivity index (χ2n) is 5.69. The molecule has 1 aromatic carbocycles. The molecule has 0 saturated heterocycles. The molecule has 3 rings (SSSR count). The number of halogens is 3. The Morgan fingerprint density at radius 3 is 2.72 bits per heavy atom. The van der Waals surface area contributed by atoms with Crippen LogP contribution >= 0.6 is 0 Å². The molecule has 1 aromatic heterocycles. The summed E-state index contributed by atoms with van der Waals surface area (Å²) in [4.78, 5) is 12.3. The lowest BCUT2D eigenvalue weighted by Crippen LogP contribution is -2.31. The highest BCUT2D eigenvalue weighted by Crippen LogP contribution is 2.32. The van der Waals surface area contributed by atoms with Crippen molar-refractivity contribution in [1.29, 1.82) is 0 Å². The van der Waals surface area contributed by atoms with E-state index < -0.39 is 23.8 Å². The first kappa shape index (κ1) is 17.1. The van der Waals surface area contributed by atoms with E-state index in [-0.39, 0.29) is 19.0 Å². The maximum Gasteiger partial charge on any atom is 0.435 e. The number of rotatable bonds is 4. The van der Waals surface area contributed by atoms with Crippen LogP contribution in [0.2, 0.25) is 0 Å². The first-order valence-corrected chi connectivity index (χ1v) is 7.55. The van der Waals surface area contributed by atoms with Gasteiger partial charge in [0.15, 0.2) is 17.2 Å². The van der Waals surface area contributed by atoms with Gasteiger partial charge in [-0.25, -0.2) is 0 Å². The Morgan fingerprint density at radius 1 is 1.32 bits per heavy atom. The predicted octanol–water partition coefficient (Wildman–Crippen LogP) is 2.82. The molecule has 6 nitrogen and oxygen atoms in total. The maximum atomic E-state index is 12.7. The normalized spacial score (nSPS) is 14.4. The fourth-order valence-corrected chi connectivity index (χ4v) is 2.52. The third kappa shape index (κ3) is 3.54. The monoisotopic (exact) mass is 355 g/mol. The SMILES string of the molecule is Cc1cc(C(F)(F)F)nn1[C@@H](C)C(=O)NCc1ccc2c(c1)OCO2. The summed E-state index contributed by atoms with van der Waals surface area (Å²) in [6, 6.07) is 5.31. The van der Waals surface area contributed by atoms with Crippen LogP contribution in [0.25, 0.3) is 0 Å². The molecule has 0 fully saturated rings. The van der Waals surface area contributed by atoms with Crippen molar-refractivity contribution in [1.82, 2.24) is 15.1 Å². The fourth-order valence-electron chi connectivity index (χ4n) is 2.52. The van der Waals surface area contributed by atoms with Gasteiger partial charge in [-0.05, 0) is 37.6 Å². The van der Waals surface area contributed by atoms with Crippen LogP contribution in [0.5, 0.6) is 11.5 Å². The first-order chi connectivity index (χ1) is 11.8. The summed E-state index contributed by atoms with van der Waals surface area (Å²) >= 11 is 0. The highest BCUT2D eigenvalue weighted by Gasteiger charge is 2.35. The van der Waals surface area contributed by atoms with Gasteiger partial charge in [0.1, 0.15) is 6.04 Å². The van der Waals surface area contributed by atoms with Gasteiger partial charge in [-0.15, -0.1) is 0 Å². The molecule has 0 radical (unpaired) electrons. The molecular formula is C16H16F3N3O3. The van der Waals surface area contributed by atoms with Crippen molar-refractivity contribution >= 4 is 5.91 Å². The average Bonchev–Trinajstić information content (AvgIpc) is 3.17. The van der Waals surface area contributed by atoms with Crippen LogP contribution in [-0.4, -0.2) is 22.5 Å². The van der Waals surface area contributed by atoms with E-state index in [0.29, 0.717) is 11.5 Å². The summed E-state index contributed by atoms with van der Waals surface area (Å²) in [6.07, 6.45) is -4.54. The summed E-state index contributed by atoms with van der Waals surface area (Å²) in [5.74, 6) is 0.797. The van der Waals surface area contributed by atoms with E-state index >= 15 is 0 Å². The number of hydrogen-bond acceptors (Lipinski definition) is 4. The van der Waals surface area contributed by atoms with Crippen molar-refractivity contribution in [2.24, 2.45) is 0 Å². The van der Waals surface area contributed by atoms with Crippen molar-refractivity contribution in [3.05, 3.63) is 41.2 Å². The number of amides is 1. The number of aromatic nitrogens is 2. The minimum Gasteiger partial charge on any atom is -0.454 e. The van der Waals surface area contributed by atoms with Crippen molar-refractivity contribution in [2.75, 3.05) is 6.79 Å². The number of nitrogens with zero attached hydrogens (tertiary/aromatic N) is 2. The quantitative estimate of drug-likeness (QED) is 0.916. The largest absolute Gasteiger partial charge is 0.454 e. The summed E-state index contributed by atoms with van der Waals surface area (Å²) in [6.45, 7) is 3.34. The zero-order chi connectivity index (χ0) is 18.2. The number of carbonyl (C=O) groups excluding carboxylic acids is 1. The number of carbonyl (C=O) groups is 1. The number of ether oxygens (including phenoxy) is 2. The van der Waals surface area contributed by atoms with Gasteiger partial charge in [0, 0.05) is 12.2 Å². The number of nitrogens with one attached hydrogen (secondary N) is 1. The fraction of sp³-hybridized carbons (Fsp3) is 0.375. The van der Waals surface area contributed by atoms with E-state index in [1.165, 1.54) is 13.8 Å². The molecule has 1 aliphatic rings. The standard InChI is InChI=1S/C16H16F3N3O3/c1-9-5-14(16(17,18)19)21-22(9)10(2)15(23)20-7-11-3-4-12-13(6-11)25-8-24-12/h3-6,10H,7-8H2,1-2H3,(H,20,23)/t10-/m0/s1. The Labute approximate surface area is 141 Å². The third-order valence-electron chi connectivity index (χ3n) is 3.86. The Bertz CT molecular complexity index is 802. The Morgan fingerprint density at radius 2 is 2.04 bits per heavy atom. The highest BCUT2D eigenvalue weighted by molar-refractivity contribution is 5.79. The second kappa shape index (κ2) is 6.30. The number of fused-ring (bicyclic) bond motifs is 1. The highest BCUT2D eigenvalue weighted by atomic mass is 19.4. The molecule has 134 valence electrons. The molecule has 0 spiro atoms. The molecule has 0 unspecified atom stereocenters. The van der Waals surface area contributed by atoms with E-state index in [4.69, 9.17) is 9.47 Å². The van der Waals surface area contributed by atoms with Crippen LogP contribution in [0.3, 0.4) is 0 Å². The van der Waals surface area contributed by atoms with Gasteiger partial charge in [-0.3, -0.25) is 9.48 Å². The lowest BCUT2D eigenvalue weighted by atomic mass is 10.2. The van der Waals surface area contributed by atoms with Crippen molar-refractivity contribution in [3.63, 3.8) is 0 Å². The number of benzene rings is 1. The van der Waals surface area contributed by atoms with Gasteiger partial charge >= 0.3 is 6.18 Å². The number of alkyl halides is 3. The van der Waals surface area contributed by atoms with E-state index in [1.807, 2.05) is 0 Å². The lowest BCUT2D eigenvalue weighted by Gasteiger charge is -2.14. The third-order valence-corrected chi connectivity index (χ3v) is 3.86. The van der Waals surface area contributed by atoms with E-state index in [2.05, 4.69) is 10.4 Å². The molecule has 0 aliphatic carbocycles. The topological polar surface area (TPSA) is 65.4 Å². The smallest absolute Gasteiger partial charge is 0.435 e. The first-order valence-electron chi connectivity index (χ1n) is 7.55. The number of aryl methyl sites for hydroxylation is 1. The lowest BCUT2D eigenvalue weighted by molar-refractivity contribution is -0.142. The van der Waals surface area contributed by atoms with Gasteiger partial charge in [-0.1, -0.05) is 6.07 Å².